The third kappa shape index (κ3) is 3.63. The summed E-state index contributed by atoms with van der Waals surface area (Å²) in [6.45, 7) is 0. The molecule has 122 valence electrons. The Morgan fingerprint density at radius 2 is 1.50 bits per heavy atom. The highest BCUT2D eigenvalue weighted by atomic mass is 32.2. The second-order valence-corrected chi connectivity index (χ2v) is 7.52. The molecule has 3 rings (SSSR count). The fraction of sp³-hybridized carbons (Fsp3) is 0.0526. The van der Waals surface area contributed by atoms with E-state index in [-0.39, 0.29) is 16.5 Å². The molecule has 0 aliphatic heterocycles. The lowest BCUT2D eigenvalue weighted by atomic mass is 10.1. The summed E-state index contributed by atoms with van der Waals surface area (Å²) in [6, 6.07) is 19.4. The molecule has 0 aromatic heterocycles. The van der Waals surface area contributed by atoms with E-state index in [0.717, 1.165) is 11.1 Å². The highest BCUT2D eigenvalue weighted by Crippen LogP contribution is 2.25. The highest BCUT2D eigenvalue weighted by Gasteiger charge is 2.16. The Morgan fingerprint density at radius 1 is 0.833 bits per heavy atom. The second kappa shape index (κ2) is 6.45. The summed E-state index contributed by atoms with van der Waals surface area (Å²) in [5.41, 5.74) is 8.38. The molecule has 5 heteroatoms. The maximum absolute atomic E-state index is 13.0. The molecule has 0 saturated carbocycles. The van der Waals surface area contributed by atoms with Crippen molar-refractivity contribution >= 4 is 15.5 Å². The molecule has 0 atom stereocenters. The van der Waals surface area contributed by atoms with Crippen molar-refractivity contribution in [2.24, 2.45) is 0 Å². The van der Waals surface area contributed by atoms with E-state index in [1.807, 2.05) is 0 Å². The monoisotopic (exact) mass is 341 g/mol. The molecular formula is C19H16FNO2S. The van der Waals surface area contributed by atoms with Crippen molar-refractivity contribution in [3.63, 3.8) is 0 Å². The molecule has 3 aromatic carbocycles. The summed E-state index contributed by atoms with van der Waals surface area (Å²) in [5.74, 6) is -0.425. The fourth-order valence-electron chi connectivity index (χ4n) is 2.43. The summed E-state index contributed by atoms with van der Waals surface area (Å²) in [5, 5.41) is 0. The van der Waals surface area contributed by atoms with E-state index >= 15 is 0 Å². The van der Waals surface area contributed by atoms with Crippen LogP contribution in [0, 0.1) is 5.82 Å². The van der Waals surface area contributed by atoms with E-state index in [2.05, 4.69) is 0 Å². The first-order valence-electron chi connectivity index (χ1n) is 7.37. The molecule has 3 nitrogen and oxygen atoms in total. The average molecular weight is 341 g/mol. The Bertz CT molecular complexity index is 949. The number of nitrogens with two attached hydrogens (primary N) is 1. The average Bonchev–Trinajstić information content (AvgIpc) is 2.58. The van der Waals surface area contributed by atoms with Crippen LogP contribution in [0.3, 0.4) is 0 Å². The van der Waals surface area contributed by atoms with Gasteiger partial charge in [0.25, 0.3) is 0 Å². The summed E-state index contributed by atoms with van der Waals surface area (Å²) in [7, 11) is -3.48. The van der Waals surface area contributed by atoms with E-state index in [0.29, 0.717) is 11.3 Å². The number of hydrogen-bond acceptors (Lipinski definition) is 3. The number of hydrogen-bond donors (Lipinski definition) is 1. The van der Waals surface area contributed by atoms with Crippen molar-refractivity contribution in [1.29, 1.82) is 0 Å². The van der Waals surface area contributed by atoms with Crippen LogP contribution in [-0.4, -0.2) is 8.42 Å². The normalized spacial score (nSPS) is 11.4. The first kappa shape index (κ1) is 16.2. The van der Waals surface area contributed by atoms with Gasteiger partial charge in [-0.2, -0.15) is 0 Å². The van der Waals surface area contributed by atoms with Gasteiger partial charge in [0, 0.05) is 5.69 Å². The molecule has 0 spiro atoms. The molecule has 0 aliphatic rings. The van der Waals surface area contributed by atoms with Crippen LogP contribution in [0.5, 0.6) is 0 Å². The molecule has 0 heterocycles. The zero-order valence-corrected chi connectivity index (χ0v) is 13.6. The number of benzene rings is 3. The molecule has 3 aromatic rings. The van der Waals surface area contributed by atoms with Crippen LogP contribution in [0.4, 0.5) is 10.1 Å². The van der Waals surface area contributed by atoms with Crippen molar-refractivity contribution < 1.29 is 12.8 Å². The largest absolute Gasteiger partial charge is 0.399 e. The Hall–Kier alpha value is -2.66. The third-order valence-electron chi connectivity index (χ3n) is 3.71. The van der Waals surface area contributed by atoms with Gasteiger partial charge in [-0.1, -0.05) is 36.4 Å². The minimum atomic E-state index is -3.48. The smallest absolute Gasteiger partial charge is 0.182 e. The molecule has 0 unspecified atom stereocenters. The van der Waals surface area contributed by atoms with E-state index < -0.39 is 9.84 Å². The van der Waals surface area contributed by atoms with Crippen LogP contribution in [0.25, 0.3) is 11.1 Å². The van der Waals surface area contributed by atoms with Gasteiger partial charge in [0.2, 0.25) is 0 Å². The second-order valence-electron chi connectivity index (χ2n) is 5.54. The number of nitrogen functional groups attached to an aromatic ring is 1. The molecular weight excluding hydrogens is 325 g/mol. The summed E-state index contributed by atoms with van der Waals surface area (Å²) < 4.78 is 38.3. The zero-order valence-electron chi connectivity index (χ0n) is 12.8. The Labute approximate surface area is 140 Å². The molecule has 0 amide bonds. The van der Waals surface area contributed by atoms with E-state index in [9.17, 15) is 12.8 Å². The first-order chi connectivity index (χ1) is 11.4. The van der Waals surface area contributed by atoms with Crippen LogP contribution in [0.1, 0.15) is 5.56 Å². The molecule has 2 N–H and O–H groups in total. The Kier molecular flexibility index (Phi) is 4.36. The van der Waals surface area contributed by atoms with Gasteiger partial charge in [-0.25, -0.2) is 12.8 Å². The van der Waals surface area contributed by atoms with E-state index in [1.54, 1.807) is 60.7 Å². The lowest BCUT2D eigenvalue weighted by Crippen LogP contribution is -2.05. The summed E-state index contributed by atoms with van der Waals surface area (Å²) >= 11 is 0. The topological polar surface area (TPSA) is 60.2 Å². The van der Waals surface area contributed by atoms with Crippen LogP contribution in [0.2, 0.25) is 0 Å². The van der Waals surface area contributed by atoms with Crippen molar-refractivity contribution in [1.82, 2.24) is 0 Å². The third-order valence-corrected chi connectivity index (χ3v) is 5.39. The van der Waals surface area contributed by atoms with E-state index in [1.165, 1.54) is 12.1 Å². The van der Waals surface area contributed by atoms with Gasteiger partial charge < -0.3 is 5.73 Å². The minimum absolute atomic E-state index is 0.0971. The quantitative estimate of drug-likeness (QED) is 0.728. The molecule has 0 saturated heterocycles. The lowest BCUT2D eigenvalue weighted by Gasteiger charge is -2.08. The maximum Gasteiger partial charge on any atom is 0.182 e. The van der Waals surface area contributed by atoms with Gasteiger partial charge >= 0.3 is 0 Å². The van der Waals surface area contributed by atoms with Crippen LogP contribution in [-0.2, 0) is 15.6 Å². The predicted molar refractivity (Wildman–Crippen MR) is 93.6 cm³/mol. The van der Waals surface area contributed by atoms with Crippen LogP contribution >= 0.6 is 0 Å². The first-order valence-corrected chi connectivity index (χ1v) is 9.02. The number of anilines is 1. The zero-order chi connectivity index (χ0) is 17.2. The highest BCUT2D eigenvalue weighted by molar-refractivity contribution is 7.90. The van der Waals surface area contributed by atoms with Crippen molar-refractivity contribution in [2.75, 3.05) is 5.73 Å². The Morgan fingerprint density at radius 3 is 2.17 bits per heavy atom. The SMILES string of the molecule is Nc1ccc(CS(=O)(=O)c2cccc(-c3ccc(F)cc3)c2)cc1. The summed E-state index contributed by atoms with van der Waals surface area (Å²) in [4.78, 5) is 0.237. The molecule has 24 heavy (non-hydrogen) atoms. The number of halogens is 1. The maximum atomic E-state index is 13.0. The predicted octanol–water partition coefficient (Wildman–Crippen LogP) is 4.05. The van der Waals surface area contributed by atoms with Crippen LogP contribution < -0.4 is 5.73 Å². The molecule has 0 bridgehead atoms. The van der Waals surface area contributed by atoms with Gasteiger partial charge in [-0.05, 0) is 53.1 Å². The van der Waals surface area contributed by atoms with Gasteiger partial charge in [0.05, 0.1) is 10.6 Å². The number of sulfone groups is 1. The number of rotatable bonds is 4. The lowest BCUT2D eigenvalue weighted by molar-refractivity contribution is 0.595. The minimum Gasteiger partial charge on any atom is -0.399 e. The van der Waals surface area contributed by atoms with Crippen molar-refractivity contribution in [3.05, 3.63) is 84.2 Å². The van der Waals surface area contributed by atoms with E-state index in [4.69, 9.17) is 5.73 Å². The van der Waals surface area contributed by atoms with Crippen LogP contribution in [0.15, 0.2) is 77.7 Å². The standard InChI is InChI=1S/C19H16FNO2S/c20-17-8-6-15(7-9-17)16-2-1-3-19(12-16)24(22,23)13-14-4-10-18(21)11-5-14/h1-12H,13,21H2. The summed E-state index contributed by atoms with van der Waals surface area (Å²) in [6.07, 6.45) is 0. The van der Waals surface area contributed by atoms with Crippen molar-refractivity contribution in [2.45, 2.75) is 10.6 Å². The van der Waals surface area contributed by atoms with Gasteiger partial charge in [-0.3, -0.25) is 0 Å². The van der Waals surface area contributed by atoms with Gasteiger partial charge in [0.1, 0.15) is 5.82 Å². The Balaban J connectivity index is 1.92. The fourth-order valence-corrected chi connectivity index (χ4v) is 3.82. The van der Waals surface area contributed by atoms with Gasteiger partial charge in [-0.15, -0.1) is 0 Å². The molecule has 0 aliphatic carbocycles. The molecule has 0 fully saturated rings. The van der Waals surface area contributed by atoms with Crippen molar-refractivity contribution in [3.8, 4) is 11.1 Å². The van der Waals surface area contributed by atoms with Gasteiger partial charge in [0.15, 0.2) is 9.84 Å². The molecule has 0 radical (unpaired) electrons.